The maximum Gasteiger partial charge on any atom is 0.317 e. The molecule has 0 bridgehead atoms. The number of rotatable bonds is 5. The van der Waals surface area contributed by atoms with E-state index in [0.29, 0.717) is 19.6 Å². The Morgan fingerprint density at radius 2 is 2.11 bits per heavy atom. The molecule has 0 radical (unpaired) electrons. The van der Waals surface area contributed by atoms with Gasteiger partial charge in [0.1, 0.15) is 12.1 Å². The van der Waals surface area contributed by atoms with Crippen LogP contribution in [0.1, 0.15) is 17.0 Å². The molecule has 1 fully saturated rings. The molecule has 0 aliphatic carbocycles. The maximum absolute atomic E-state index is 12.4. The molecule has 1 N–H and O–H groups in total. The van der Waals surface area contributed by atoms with Crippen molar-refractivity contribution in [2.75, 3.05) is 26.2 Å². The molecule has 9 heteroatoms. The number of hydrogen-bond donors (Lipinski definition) is 1. The minimum Gasteiger partial charge on any atom is -0.360 e. The molecule has 1 saturated heterocycles. The molecule has 28 heavy (non-hydrogen) atoms. The van der Waals surface area contributed by atoms with Crippen LogP contribution >= 0.6 is 0 Å². The molecule has 0 unspecified atom stereocenters. The average molecular weight is 381 g/mol. The summed E-state index contributed by atoms with van der Waals surface area (Å²) in [5, 5.41) is 6.88. The number of urea groups is 1. The van der Waals surface area contributed by atoms with E-state index in [-0.39, 0.29) is 6.03 Å². The zero-order chi connectivity index (χ0) is 19.3. The van der Waals surface area contributed by atoms with Crippen LogP contribution in [0.15, 0.2) is 47.6 Å². The van der Waals surface area contributed by atoms with Gasteiger partial charge in [0.2, 0.25) is 0 Å². The van der Waals surface area contributed by atoms with E-state index >= 15 is 0 Å². The number of nitrogens with zero attached hydrogens (tertiary/aromatic N) is 6. The van der Waals surface area contributed by atoms with Gasteiger partial charge in [0, 0.05) is 57.4 Å². The number of carbonyl (C=O) groups is 1. The molecule has 1 aliphatic heterocycles. The molecule has 3 aromatic rings. The molecule has 9 nitrogen and oxygen atoms in total. The number of carbonyl (C=O) groups excluding carboxylic acids is 1. The zero-order valence-corrected chi connectivity index (χ0v) is 15.8. The van der Waals surface area contributed by atoms with Gasteiger partial charge in [0.25, 0.3) is 0 Å². The summed E-state index contributed by atoms with van der Waals surface area (Å²) in [5.41, 5.74) is 1.84. The molecular weight excluding hydrogens is 358 g/mol. The smallest absolute Gasteiger partial charge is 0.317 e. The molecule has 0 saturated carbocycles. The lowest BCUT2D eigenvalue weighted by atomic mass is 10.2. The highest BCUT2D eigenvalue weighted by Crippen LogP contribution is 2.10. The van der Waals surface area contributed by atoms with Crippen LogP contribution in [0, 0.1) is 6.92 Å². The number of imidazole rings is 1. The third-order valence-corrected chi connectivity index (χ3v) is 4.74. The number of aromatic nitrogens is 4. The molecule has 0 spiro atoms. The Morgan fingerprint density at radius 3 is 2.75 bits per heavy atom. The predicted molar refractivity (Wildman–Crippen MR) is 102 cm³/mol. The van der Waals surface area contributed by atoms with E-state index in [1.54, 1.807) is 18.7 Å². The fourth-order valence-electron chi connectivity index (χ4n) is 3.18. The van der Waals surface area contributed by atoms with Gasteiger partial charge in [-0.25, -0.2) is 14.8 Å². The molecule has 4 heterocycles. The van der Waals surface area contributed by atoms with Crippen molar-refractivity contribution < 1.29 is 9.32 Å². The zero-order valence-electron chi connectivity index (χ0n) is 15.8. The topological polar surface area (TPSA) is 92.3 Å². The lowest BCUT2D eigenvalue weighted by Crippen LogP contribution is -2.51. The van der Waals surface area contributed by atoms with Gasteiger partial charge >= 0.3 is 6.03 Å². The van der Waals surface area contributed by atoms with Crippen molar-refractivity contribution in [1.82, 2.24) is 34.8 Å². The quantitative estimate of drug-likeness (QED) is 0.722. The number of pyridine rings is 1. The van der Waals surface area contributed by atoms with Gasteiger partial charge < -0.3 is 14.7 Å². The van der Waals surface area contributed by atoms with Crippen LogP contribution < -0.4 is 5.32 Å². The van der Waals surface area contributed by atoms with E-state index in [4.69, 9.17) is 4.52 Å². The largest absolute Gasteiger partial charge is 0.360 e. The third kappa shape index (κ3) is 4.37. The maximum atomic E-state index is 12.4. The van der Waals surface area contributed by atoms with Gasteiger partial charge in [-0.05, 0) is 18.6 Å². The molecule has 0 aromatic carbocycles. The van der Waals surface area contributed by atoms with Gasteiger partial charge in [-0.2, -0.15) is 0 Å². The van der Waals surface area contributed by atoms with Gasteiger partial charge in [0.15, 0.2) is 5.76 Å². The lowest BCUT2D eigenvalue weighted by Gasteiger charge is -2.34. The Labute approximate surface area is 163 Å². The Kier molecular flexibility index (Phi) is 5.34. The highest BCUT2D eigenvalue weighted by Gasteiger charge is 2.21. The summed E-state index contributed by atoms with van der Waals surface area (Å²) in [4.78, 5) is 24.9. The molecule has 1 aliphatic rings. The van der Waals surface area contributed by atoms with Crippen LogP contribution in [-0.4, -0.2) is 61.7 Å². The summed E-state index contributed by atoms with van der Waals surface area (Å²) in [5.74, 6) is 1.66. The molecule has 146 valence electrons. The van der Waals surface area contributed by atoms with Crippen molar-refractivity contribution in [2.45, 2.75) is 20.0 Å². The number of aryl methyl sites for hydroxylation is 1. The Balaban J connectivity index is 1.22. The SMILES string of the molecule is Cc1cc(CN2CCN(C(=O)NCc3ccc(-n4ccnc4)nc3)CC2)on1. The van der Waals surface area contributed by atoms with Crippen LogP contribution in [0.25, 0.3) is 5.82 Å². The molecule has 4 rings (SSSR count). The van der Waals surface area contributed by atoms with E-state index in [1.165, 1.54) is 0 Å². The van der Waals surface area contributed by atoms with Crippen LogP contribution in [-0.2, 0) is 13.1 Å². The van der Waals surface area contributed by atoms with Gasteiger partial charge in [-0.1, -0.05) is 11.2 Å². The van der Waals surface area contributed by atoms with Gasteiger partial charge in [-0.3, -0.25) is 9.47 Å². The molecular formula is C19H23N7O2. The van der Waals surface area contributed by atoms with Crippen molar-refractivity contribution in [3.63, 3.8) is 0 Å². The molecule has 2 amide bonds. The van der Waals surface area contributed by atoms with Crippen molar-refractivity contribution >= 4 is 6.03 Å². The fourth-order valence-corrected chi connectivity index (χ4v) is 3.18. The van der Waals surface area contributed by atoms with E-state index in [0.717, 1.165) is 42.5 Å². The van der Waals surface area contributed by atoms with E-state index in [1.807, 2.05) is 40.8 Å². The highest BCUT2D eigenvalue weighted by molar-refractivity contribution is 5.74. The van der Waals surface area contributed by atoms with Crippen molar-refractivity contribution in [1.29, 1.82) is 0 Å². The monoisotopic (exact) mass is 381 g/mol. The second kappa shape index (κ2) is 8.22. The summed E-state index contributed by atoms with van der Waals surface area (Å²) in [6, 6.07) is 5.77. The van der Waals surface area contributed by atoms with Gasteiger partial charge in [0.05, 0.1) is 12.2 Å². The van der Waals surface area contributed by atoms with Crippen molar-refractivity contribution in [2.24, 2.45) is 0 Å². The van der Waals surface area contributed by atoms with Crippen LogP contribution in [0.4, 0.5) is 4.79 Å². The normalized spacial score (nSPS) is 15.0. The Bertz CT molecular complexity index is 897. The first-order valence-corrected chi connectivity index (χ1v) is 9.28. The summed E-state index contributed by atoms with van der Waals surface area (Å²) < 4.78 is 7.10. The molecule has 0 atom stereocenters. The first-order chi connectivity index (χ1) is 13.7. The summed E-state index contributed by atoms with van der Waals surface area (Å²) >= 11 is 0. The Hall–Kier alpha value is -3.20. The predicted octanol–water partition coefficient (Wildman–Crippen LogP) is 1.59. The van der Waals surface area contributed by atoms with Crippen molar-refractivity contribution in [3.8, 4) is 5.82 Å². The average Bonchev–Trinajstić information content (AvgIpc) is 3.39. The summed E-state index contributed by atoms with van der Waals surface area (Å²) in [6.07, 6.45) is 7.02. The van der Waals surface area contributed by atoms with Crippen LogP contribution in [0.2, 0.25) is 0 Å². The number of amides is 2. The second-order valence-electron chi connectivity index (χ2n) is 6.85. The standard InChI is InChI=1S/C19H23N7O2/c1-15-10-17(28-23-15)13-24-6-8-25(9-7-24)19(27)22-12-16-2-3-18(21-11-16)26-5-4-20-14-26/h2-5,10-11,14H,6-9,12-13H2,1H3,(H,22,27). The first-order valence-electron chi connectivity index (χ1n) is 9.28. The first kappa shape index (κ1) is 18.2. The lowest BCUT2D eigenvalue weighted by molar-refractivity contribution is 0.128. The third-order valence-electron chi connectivity index (χ3n) is 4.74. The minimum atomic E-state index is -0.0474. The van der Waals surface area contributed by atoms with Gasteiger partial charge in [-0.15, -0.1) is 0 Å². The summed E-state index contributed by atoms with van der Waals surface area (Å²) in [7, 11) is 0. The summed E-state index contributed by atoms with van der Waals surface area (Å²) in [6.45, 7) is 6.10. The Morgan fingerprint density at radius 1 is 1.25 bits per heavy atom. The van der Waals surface area contributed by atoms with Crippen LogP contribution in [0.3, 0.4) is 0 Å². The number of nitrogens with one attached hydrogen (secondary N) is 1. The number of piperazine rings is 1. The highest BCUT2D eigenvalue weighted by atomic mass is 16.5. The minimum absolute atomic E-state index is 0.0474. The van der Waals surface area contributed by atoms with Crippen molar-refractivity contribution in [3.05, 3.63) is 60.1 Å². The van der Waals surface area contributed by atoms with E-state index < -0.39 is 0 Å². The molecule has 3 aromatic heterocycles. The number of hydrogen-bond acceptors (Lipinski definition) is 6. The second-order valence-corrected chi connectivity index (χ2v) is 6.85. The fraction of sp³-hybridized carbons (Fsp3) is 0.368. The van der Waals surface area contributed by atoms with E-state index in [2.05, 4.69) is 25.3 Å². The van der Waals surface area contributed by atoms with E-state index in [9.17, 15) is 4.79 Å². The van der Waals surface area contributed by atoms with Crippen LogP contribution in [0.5, 0.6) is 0 Å².